The van der Waals surface area contributed by atoms with Crippen molar-refractivity contribution in [3.8, 4) is 0 Å². The van der Waals surface area contributed by atoms with Gasteiger partial charge in [-0.25, -0.2) is 0 Å². The molecule has 0 aromatic heterocycles. The minimum Gasteiger partial charge on any atom is -0.462 e. The Morgan fingerprint density at radius 2 is 0.682 bits per heavy atom. The number of ether oxygens (including phenoxy) is 3. The van der Waals surface area contributed by atoms with E-state index < -0.39 is 12.1 Å². The van der Waals surface area contributed by atoms with Gasteiger partial charge in [-0.05, 0) is 109 Å². The highest BCUT2D eigenvalue weighted by atomic mass is 16.6. The summed E-state index contributed by atoms with van der Waals surface area (Å²) in [5.41, 5.74) is 0. The molecule has 1 atom stereocenters. The lowest BCUT2D eigenvalue weighted by atomic mass is 10.1. The minimum atomic E-state index is -0.843. The third-order valence-corrected chi connectivity index (χ3v) is 10.2. The molecule has 0 aliphatic carbocycles. The molecule has 0 aromatic carbocycles. The maximum atomic E-state index is 12.8. The van der Waals surface area contributed by atoms with Gasteiger partial charge in [0.15, 0.2) is 6.10 Å². The second kappa shape index (κ2) is 52.9. The van der Waals surface area contributed by atoms with Gasteiger partial charge in [-0.15, -0.1) is 0 Å². The van der Waals surface area contributed by atoms with Crippen molar-refractivity contribution in [2.75, 3.05) is 13.2 Å². The number of carbonyl (C=O) groups excluding carboxylic acids is 3. The zero-order chi connectivity index (χ0) is 47.9. The standard InChI is InChI=1S/C60H92O6/c1-4-7-10-13-16-19-22-25-28-30-31-33-35-38-41-44-47-50-53-59(62)65-56-57(55-64-58(61)52-49-46-43-40-37-34-27-24-21-18-15-12-9-6-3)66-60(63)54-51-48-45-42-39-36-32-29-26-23-20-17-14-11-8-5-2/h8-9,11-12,16-22,25-31,33-34,36,39,45,48,57H,4-7,10,13-15,23-24,32,35,37-38,40-44,46-47,49-56H2,1-3H3/b11-8-,12-9-,19-16-,20-17-,21-18-,25-22-,29-26-,30-28-,33-31-,34-27-,39-36-,48-45-. The molecular formula is C60H92O6. The number of carbonyl (C=O) groups is 3. The molecule has 1 unspecified atom stereocenters. The summed E-state index contributed by atoms with van der Waals surface area (Å²) in [4.78, 5) is 38.0. The maximum absolute atomic E-state index is 12.8. The van der Waals surface area contributed by atoms with E-state index in [1.54, 1.807) is 0 Å². The number of rotatable bonds is 44. The second-order valence-electron chi connectivity index (χ2n) is 16.4. The van der Waals surface area contributed by atoms with Crippen molar-refractivity contribution in [1.82, 2.24) is 0 Å². The Bertz CT molecular complexity index is 1510. The summed E-state index contributed by atoms with van der Waals surface area (Å²) in [6.45, 7) is 6.24. The van der Waals surface area contributed by atoms with Crippen LogP contribution >= 0.6 is 0 Å². The SMILES string of the molecule is CC/C=C\C/C=C\C/C=C\C/C=C\C/C=C\CCC(=O)OC(COC(=O)CCCCCC/C=C\C/C=C\C/C=C\CC)COC(=O)CCCCCCC\C=C/C=C\C=C/C=C\CCCCC. The lowest BCUT2D eigenvalue weighted by Gasteiger charge is -2.18. The monoisotopic (exact) mass is 909 g/mol. The van der Waals surface area contributed by atoms with Crippen molar-refractivity contribution in [1.29, 1.82) is 0 Å². The van der Waals surface area contributed by atoms with Gasteiger partial charge in [-0.2, -0.15) is 0 Å². The summed E-state index contributed by atoms with van der Waals surface area (Å²) in [5.74, 6) is -1.07. The largest absolute Gasteiger partial charge is 0.462 e. The van der Waals surface area contributed by atoms with Gasteiger partial charge < -0.3 is 14.2 Å². The number of esters is 3. The van der Waals surface area contributed by atoms with Crippen LogP contribution in [0.2, 0.25) is 0 Å². The van der Waals surface area contributed by atoms with Crippen LogP contribution in [0.15, 0.2) is 146 Å². The molecule has 0 aromatic rings. The third-order valence-electron chi connectivity index (χ3n) is 10.2. The van der Waals surface area contributed by atoms with Gasteiger partial charge in [0.05, 0.1) is 0 Å². The van der Waals surface area contributed by atoms with Gasteiger partial charge in [0, 0.05) is 19.3 Å². The lowest BCUT2D eigenvalue weighted by molar-refractivity contribution is -0.166. The molecule has 0 aliphatic heterocycles. The summed E-state index contributed by atoms with van der Waals surface area (Å²) >= 11 is 0. The highest BCUT2D eigenvalue weighted by molar-refractivity contribution is 5.71. The molecule has 0 heterocycles. The Balaban J connectivity index is 4.61. The van der Waals surface area contributed by atoms with Crippen LogP contribution in [-0.4, -0.2) is 37.2 Å². The number of allylic oxidation sites excluding steroid dienone is 24. The van der Waals surface area contributed by atoms with Crippen LogP contribution in [0.4, 0.5) is 0 Å². The van der Waals surface area contributed by atoms with E-state index >= 15 is 0 Å². The molecule has 0 N–H and O–H groups in total. The van der Waals surface area contributed by atoms with Gasteiger partial charge in [0.2, 0.25) is 0 Å². The molecule has 368 valence electrons. The predicted octanol–water partition coefficient (Wildman–Crippen LogP) is 17.3. The first-order chi connectivity index (χ1) is 32.5. The molecule has 0 aliphatic rings. The smallest absolute Gasteiger partial charge is 0.306 e. The zero-order valence-electron chi connectivity index (χ0n) is 41.9. The molecule has 0 spiro atoms. The molecule has 0 saturated heterocycles. The molecular weight excluding hydrogens is 817 g/mol. The molecule has 0 amide bonds. The molecule has 0 radical (unpaired) electrons. The molecule has 0 rings (SSSR count). The quantitative estimate of drug-likeness (QED) is 0.0199. The van der Waals surface area contributed by atoms with Crippen molar-refractivity contribution < 1.29 is 28.6 Å². The van der Waals surface area contributed by atoms with E-state index in [-0.39, 0.29) is 31.6 Å². The highest BCUT2D eigenvalue weighted by Crippen LogP contribution is 2.11. The van der Waals surface area contributed by atoms with Crippen LogP contribution in [0.1, 0.15) is 194 Å². The maximum Gasteiger partial charge on any atom is 0.306 e. The van der Waals surface area contributed by atoms with E-state index in [0.717, 1.165) is 128 Å². The molecule has 0 fully saturated rings. The van der Waals surface area contributed by atoms with E-state index in [2.05, 4.69) is 154 Å². The third kappa shape index (κ3) is 50.3. The van der Waals surface area contributed by atoms with Gasteiger partial charge in [-0.1, -0.05) is 212 Å². The van der Waals surface area contributed by atoms with Gasteiger partial charge in [0.1, 0.15) is 13.2 Å². The van der Waals surface area contributed by atoms with E-state index in [0.29, 0.717) is 19.3 Å². The number of hydrogen-bond donors (Lipinski definition) is 0. The van der Waals surface area contributed by atoms with E-state index in [1.807, 2.05) is 12.2 Å². The summed E-state index contributed by atoms with van der Waals surface area (Å²) in [6.07, 6.45) is 75.5. The van der Waals surface area contributed by atoms with Crippen LogP contribution in [0, 0.1) is 0 Å². The average molecular weight is 909 g/mol. The Morgan fingerprint density at radius 1 is 0.333 bits per heavy atom. The fourth-order valence-electron chi connectivity index (χ4n) is 6.34. The first kappa shape index (κ1) is 61.3. The van der Waals surface area contributed by atoms with Crippen molar-refractivity contribution in [3.63, 3.8) is 0 Å². The Morgan fingerprint density at radius 3 is 1.12 bits per heavy atom. The summed E-state index contributed by atoms with van der Waals surface area (Å²) in [7, 11) is 0. The van der Waals surface area contributed by atoms with Crippen molar-refractivity contribution in [3.05, 3.63) is 146 Å². The van der Waals surface area contributed by atoms with Crippen molar-refractivity contribution in [2.24, 2.45) is 0 Å². The first-order valence-electron chi connectivity index (χ1n) is 25.9. The summed E-state index contributed by atoms with van der Waals surface area (Å²) in [6, 6.07) is 0. The Hall–Kier alpha value is -4.71. The van der Waals surface area contributed by atoms with Gasteiger partial charge in [0.25, 0.3) is 0 Å². The fraction of sp³-hybridized carbons (Fsp3) is 0.550. The van der Waals surface area contributed by atoms with E-state index in [9.17, 15) is 14.4 Å². The van der Waals surface area contributed by atoms with Crippen LogP contribution in [0.5, 0.6) is 0 Å². The first-order valence-corrected chi connectivity index (χ1v) is 25.9. The lowest BCUT2D eigenvalue weighted by Crippen LogP contribution is -2.30. The summed E-state index contributed by atoms with van der Waals surface area (Å²) in [5, 5.41) is 0. The molecule has 0 saturated carbocycles. The Labute approximate surface area is 404 Å². The van der Waals surface area contributed by atoms with Gasteiger partial charge >= 0.3 is 17.9 Å². The van der Waals surface area contributed by atoms with Crippen molar-refractivity contribution >= 4 is 17.9 Å². The average Bonchev–Trinajstić information content (AvgIpc) is 3.31. The Kier molecular flexibility index (Phi) is 49.1. The predicted molar refractivity (Wildman–Crippen MR) is 283 cm³/mol. The summed E-state index contributed by atoms with van der Waals surface area (Å²) < 4.78 is 16.7. The fourth-order valence-corrected chi connectivity index (χ4v) is 6.34. The van der Waals surface area contributed by atoms with Crippen LogP contribution in [0.3, 0.4) is 0 Å². The van der Waals surface area contributed by atoms with Crippen LogP contribution in [-0.2, 0) is 28.6 Å². The topological polar surface area (TPSA) is 78.9 Å². The molecule has 66 heavy (non-hydrogen) atoms. The molecule has 6 heteroatoms. The van der Waals surface area contributed by atoms with E-state index in [4.69, 9.17) is 14.2 Å². The van der Waals surface area contributed by atoms with Crippen molar-refractivity contribution in [2.45, 2.75) is 200 Å². The zero-order valence-corrected chi connectivity index (χ0v) is 41.9. The van der Waals surface area contributed by atoms with Crippen LogP contribution < -0.4 is 0 Å². The normalized spacial score (nSPS) is 13.3. The van der Waals surface area contributed by atoms with Crippen LogP contribution in [0.25, 0.3) is 0 Å². The molecule has 6 nitrogen and oxygen atoms in total. The second-order valence-corrected chi connectivity index (χ2v) is 16.4. The van der Waals surface area contributed by atoms with E-state index in [1.165, 1.54) is 19.3 Å². The highest BCUT2D eigenvalue weighted by Gasteiger charge is 2.19. The number of unbranched alkanes of at least 4 members (excludes halogenated alkanes) is 12. The van der Waals surface area contributed by atoms with Gasteiger partial charge in [-0.3, -0.25) is 14.4 Å². The minimum absolute atomic E-state index is 0.134. The molecule has 0 bridgehead atoms. The number of hydrogen-bond acceptors (Lipinski definition) is 6.